The fourth-order valence-electron chi connectivity index (χ4n) is 1.89. The van der Waals surface area contributed by atoms with Gasteiger partial charge in [-0.15, -0.1) is 0 Å². The number of anilines is 1. The van der Waals surface area contributed by atoms with Crippen LogP contribution in [0.2, 0.25) is 0 Å². The maximum absolute atomic E-state index is 5.75. The molecule has 0 aliphatic rings. The fraction of sp³-hybridized carbons (Fsp3) is 0.231. The van der Waals surface area contributed by atoms with E-state index in [0.29, 0.717) is 4.99 Å². The Balaban J connectivity index is 2.06. The molecule has 1 aromatic carbocycles. The Morgan fingerprint density at radius 2 is 2.26 bits per heavy atom. The highest BCUT2D eigenvalue weighted by atomic mass is 79.9. The van der Waals surface area contributed by atoms with Crippen molar-refractivity contribution < 1.29 is 0 Å². The van der Waals surface area contributed by atoms with Gasteiger partial charge in [0.1, 0.15) is 4.99 Å². The molecule has 4 nitrogen and oxygen atoms in total. The van der Waals surface area contributed by atoms with Crippen LogP contribution in [0.4, 0.5) is 5.69 Å². The van der Waals surface area contributed by atoms with Gasteiger partial charge >= 0.3 is 0 Å². The van der Waals surface area contributed by atoms with Crippen LogP contribution >= 0.6 is 28.1 Å². The first-order chi connectivity index (χ1) is 9.09. The molecule has 0 fully saturated rings. The SMILES string of the molecule is Cn1nccc1CCNc1cccc(Br)c1C(N)=S. The Morgan fingerprint density at radius 1 is 1.47 bits per heavy atom. The van der Waals surface area contributed by atoms with E-state index in [2.05, 4.69) is 26.3 Å². The molecule has 0 bridgehead atoms. The van der Waals surface area contributed by atoms with E-state index in [0.717, 1.165) is 28.7 Å². The molecule has 2 aromatic rings. The molecule has 0 atom stereocenters. The van der Waals surface area contributed by atoms with E-state index in [9.17, 15) is 0 Å². The van der Waals surface area contributed by atoms with Crippen molar-refractivity contribution in [3.05, 3.63) is 46.2 Å². The minimum absolute atomic E-state index is 0.385. The molecule has 0 aliphatic heterocycles. The van der Waals surface area contributed by atoms with Crippen molar-refractivity contribution in [2.24, 2.45) is 12.8 Å². The third-order valence-electron chi connectivity index (χ3n) is 2.88. The normalized spacial score (nSPS) is 10.4. The minimum atomic E-state index is 0.385. The zero-order valence-corrected chi connectivity index (χ0v) is 13.0. The Hall–Kier alpha value is -1.40. The summed E-state index contributed by atoms with van der Waals surface area (Å²) in [7, 11) is 1.94. The molecular weight excluding hydrogens is 324 g/mol. The number of rotatable bonds is 5. The highest BCUT2D eigenvalue weighted by molar-refractivity contribution is 9.10. The van der Waals surface area contributed by atoms with Crippen LogP contribution in [0, 0.1) is 0 Å². The lowest BCUT2D eigenvalue weighted by Crippen LogP contribution is -2.15. The van der Waals surface area contributed by atoms with Crippen LogP contribution in [-0.4, -0.2) is 21.3 Å². The van der Waals surface area contributed by atoms with Crippen LogP contribution in [-0.2, 0) is 13.5 Å². The van der Waals surface area contributed by atoms with Gasteiger partial charge in [-0.05, 0) is 34.1 Å². The van der Waals surface area contributed by atoms with Crippen LogP contribution < -0.4 is 11.1 Å². The average Bonchev–Trinajstić information content (AvgIpc) is 2.75. The van der Waals surface area contributed by atoms with Gasteiger partial charge in [0.15, 0.2) is 0 Å². The standard InChI is InChI=1S/C13H15BrN4S/c1-18-9(6-8-17-18)5-7-16-11-4-2-3-10(14)12(11)13(15)19/h2-4,6,8,16H,5,7H2,1H3,(H2,15,19). The first-order valence-corrected chi connectivity index (χ1v) is 7.09. The van der Waals surface area contributed by atoms with E-state index in [1.807, 2.05) is 36.0 Å². The molecule has 0 amide bonds. The van der Waals surface area contributed by atoms with Crippen LogP contribution in [0.3, 0.4) is 0 Å². The van der Waals surface area contributed by atoms with E-state index in [-0.39, 0.29) is 0 Å². The molecule has 0 saturated heterocycles. The van der Waals surface area contributed by atoms with Crippen LogP contribution in [0.25, 0.3) is 0 Å². The Labute approximate surface area is 126 Å². The van der Waals surface area contributed by atoms with Crippen LogP contribution in [0.5, 0.6) is 0 Å². The summed E-state index contributed by atoms with van der Waals surface area (Å²) in [6.07, 6.45) is 2.69. The number of benzene rings is 1. The molecule has 6 heteroatoms. The lowest BCUT2D eigenvalue weighted by atomic mass is 10.1. The van der Waals surface area contributed by atoms with Gasteiger partial charge in [0.05, 0.1) is 0 Å². The largest absolute Gasteiger partial charge is 0.389 e. The fourth-order valence-corrected chi connectivity index (χ4v) is 2.82. The van der Waals surface area contributed by atoms with Gasteiger partial charge in [0, 0.05) is 47.6 Å². The second-order valence-corrected chi connectivity index (χ2v) is 5.44. The highest BCUT2D eigenvalue weighted by Gasteiger charge is 2.09. The summed E-state index contributed by atoms with van der Waals surface area (Å²) in [4.78, 5) is 0.385. The first kappa shape index (κ1) is 14.0. The van der Waals surface area contributed by atoms with Gasteiger partial charge in [0.25, 0.3) is 0 Å². The van der Waals surface area contributed by atoms with Crippen molar-refractivity contribution in [1.29, 1.82) is 0 Å². The predicted molar refractivity (Wildman–Crippen MR) is 85.4 cm³/mol. The van der Waals surface area contributed by atoms with Gasteiger partial charge in [-0.1, -0.05) is 18.3 Å². The third-order valence-corrected chi connectivity index (χ3v) is 3.74. The number of halogens is 1. The molecule has 1 heterocycles. The van der Waals surface area contributed by atoms with Crippen molar-refractivity contribution in [2.75, 3.05) is 11.9 Å². The van der Waals surface area contributed by atoms with Crippen molar-refractivity contribution in [1.82, 2.24) is 9.78 Å². The maximum atomic E-state index is 5.75. The molecule has 0 saturated carbocycles. The Morgan fingerprint density at radius 3 is 2.89 bits per heavy atom. The summed E-state index contributed by atoms with van der Waals surface area (Å²) in [5.74, 6) is 0. The van der Waals surface area contributed by atoms with Crippen molar-refractivity contribution in [3.8, 4) is 0 Å². The second-order valence-electron chi connectivity index (χ2n) is 4.15. The topological polar surface area (TPSA) is 55.9 Å². The lowest BCUT2D eigenvalue weighted by molar-refractivity contribution is 0.711. The predicted octanol–water partition coefficient (Wildman–Crippen LogP) is 2.47. The molecule has 0 radical (unpaired) electrons. The Bertz CT molecular complexity index is 594. The maximum Gasteiger partial charge on any atom is 0.107 e. The summed E-state index contributed by atoms with van der Waals surface area (Å²) in [6.45, 7) is 0.797. The minimum Gasteiger partial charge on any atom is -0.389 e. The summed E-state index contributed by atoms with van der Waals surface area (Å²) >= 11 is 8.55. The number of nitrogens with zero attached hydrogens (tertiary/aromatic N) is 2. The van der Waals surface area contributed by atoms with Crippen LogP contribution in [0.15, 0.2) is 34.9 Å². The van der Waals surface area contributed by atoms with Gasteiger partial charge in [-0.25, -0.2) is 0 Å². The second kappa shape index (κ2) is 6.16. The summed E-state index contributed by atoms with van der Waals surface area (Å²) in [5, 5.41) is 7.51. The summed E-state index contributed by atoms with van der Waals surface area (Å²) < 4.78 is 2.78. The number of thiocarbonyl (C=S) groups is 1. The van der Waals surface area contributed by atoms with Gasteiger partial charge < -0.3 is 11.1 Å². The molecule has 0 spiro atoms. The highest BCUT2D eigenvalue weighted by Crippen LogP contribution is 2.24. The van der Waals surface area contributed by atoms with Gasteiger partial charge in [-0.3, -0.25) is 4.68 Å². The quantitative estimate of drug-likeness (QED) is 0.822. The van der Waals surface area contributed by atoms with Crippen molar-refractivity contribution in [3.63, 3.8) is 0 Å². The number of nitrogens with one attached hydrogen (secondary N) is 1. The van der Waals surface area contributed by atoms with E-state index in [1.54, 1.807) is 6.20 Å². The van der Waals surface area contributed by atoms with Gasteiger partial charge in [-0.2, -0.15) is 5.10 Å². The molecule has 0 aliphatic carbocycles. The molecule has 2 rings (SSSR count). The number of aromatic nitrogens is 2. The van der Waals surface area contributed by atoms with E-state index < -0.39 is 0 Å². The molecule has 100 valence electrons. The molecule has 3 N–H and O–H groups in total. The van der Waals surface area contributed by atoms with E-state index >= 15 is 0 Å². The lowest BCUT2D eigenvalue weighted by Gasteiger charge is -2.12. The van der Waals surface area contributed by atoms with E-state index in [4.69, 9.17) is 18.0 Å². The zero-order chi connectivity index (χ0) is 13.8. The number of nitrogens with two attached hydrogens (primary N) is 1. The third kappa shape index (κ3) is 3.33. The first-order valence-electron chi connectivity index (χ1n) is 5.88. The number of hydrogen-bond donors (Lipinski definition) is 2. The molecular formula is C13H15BrN4S. The van der Waals surface area contributed by atoms with Crippen molar-refractivity contribution in [2.45, 2.75) is 6.42 Å². The molecule has 19 heavy (non-hydrogen) atoms. The zero-order valence-electron chi connectivity index (χ0n) is 10.6. The molecule has 1 aromatic heterocycles. The smallest absolute Gasteiger partial charge is 0.107 e. The van der Waals surface area contributed by atoms with Gasteiger partial charge in [0.2, 0.25) is 0 Å². The average molecular weight is 339 g/mol. The van der Waals surface area contributed by atoms with Crippen molar-refractivity contribution >= 4 is 38.8 Å². The Kier molecular flexibility index (Phi) is 4.55. The number of hydrogen-bond acceptors (Lipinski definition) is 3. The summed E-state index contributed by atoms with van der Waals surface area (Å²) in [5.41, 5.74) is 8.73. The van der Waals surface area contributed by atoms with E-state index in [1.165, 1.54) is 5.69 Å². The number of aryl methyl sites for hydroxylation is 1. The van der Waals surface area contributed by atoms with Crippen LogP contribution in [0.1, 0.15) is 11.3 Å². The monoisotopic (exact) mass is 338 g/mol. The summed E-state index contributed by atoms with van der Waals surface area (Å²) in [6, 6.07) is 7.87. The molecule has 0 unspecified atom stereocenters.